The number of rotatable bonds is 3. The van der Waals surface area contributed by atoms with Crippen LogP contribution < -0.4 is 0 Å². The number of fused-ring (bicyclic) bond motifs is 1. The summed E-state index contributed by atoms with van der Waals surface area (Å²) in [6.07, 6.45) is 0.863. The van der Waals surface area contributed by atoms with Crippen LogP contribution in [0.3, 0.4) is 0 Å². The Morgan fingerprint density at radius 2 is 2.10 bits per heavy atom. The first-order valence-corrected chi connectivity index (χ1v) is 7.76. The summed E-state index contributed by atoms with van der Waals surface area (Å²) in [5.41, 5.74) is 1.83. The summed E-state index contributed by atoms with van der Waals surface area (Å²) in [5, 5.41) is 11.6. The summed E-state index contributed by atoms with van der Waals surface area (Å²) in [5.74, 6) is -1.11. The maximum Gasteiger partial charge on any atom is 0.325 e. The van der Waals surface area contributed by atoms with Gasteiger partial charge in [0.2, 0.25) is 0 Å². The van der Waals surface area contributed by atoms with Crippen molar-refractivity contribution in [1.82, 2.24) is 4.90 Å². The summed E-state index contributed by atoms with van der Waals surface area (Å²) in [6, 6.07) is 7.50. The van der Waals surface area contributed by atoms with Crippen LogP contribution in [0.15, 0.2) is 35.7 Å². The van der Waals surface area contributed by atoms with Gasteiger partial charge in [0, 0.05) is 17.5 Å². The Kier molecular flexibility index (Phi) is 3.78. The SMILES string of the molecule is CC(c1ccc(F)cc1)N1CCc2sccc2C1C(=O)O. The molecule has 0 amide bonds. The lowest BCUT2D eigenvalue weighted by Gasteiger charge is -2.37. The molecular weight excluding hydrogens is 289 g/mol. The van der Waals surface area contributed by atoms with Crippen LogP contribution in [0.4, 0.5) is 4.39 Å². The van der Waals surface area contributed by atoms with Crippen molar-refractivity contribution in [3.8, 4) is 0 Å². The standard InChI is InChI=1S/C16H16FNO2S/c1-10(11-2-4-12(17)5-3-11)18-8-6-14-13(7-9-21-14)15(18)16(19)20/h2-5,7,9-10,15H,6,8H2,1H3,(H,19,20). The first-order chi connectivity index (χ1) is 10.1. The zero-order valence-corrected chi connectivity index (χ0v) is 12.4. The predicted octanol–water partition coefficient (Wildman–Crippen LogP) is 3.63. The molecule has 1 aliphatic rings. The molecule has 0 aliphatic carbocycles. The Bertz CT molecular complexity index is 653. The molecule has 2 atom stereocenters. The zero-order chi connectivity index (χ0) is 15.0. The van der Waals surface area contributed by atoms with Gasteiger partial charge in [0.15, 0.2) is 0 Å². The minimum absolute atomic E-state index is 0.0697. The largest absolute Gasteiger partial charge is 0.480 e. The maximum absolute atomic E-state index is 13.0. The van der Waals surface area contributed by atoms with E-state index in [2.05, 4.69) is 0 Å². The molecule has 2 unspecified atom stereocenters. The third-order valence-electron chi connectivity index (χ3n) is 4.09. The summed E-state index contributed by atoms with van der Waals surface area (Å²) in [4.78, 5) is 14.9. The number of carbonyl (C=O) groups is 1. The fourth-order valence-electron chi connectivity index (χ4n) is 2.96. The second-order valence-corrected chi connectivity index (χ2v) is 6.26. The third-order valence-corrected chi connectivity index (χ3v) is 5.08. The molecule has 1 aromatic heterocycles. The smallest absolute Gasteiger partial charge is 0.325 e. The summed E-state index contributed by atoms with van der Waals surface area (Å²) >= 11 is 1.62. The molecule has 1 N–H and O–H groups in total. The highest BCUT2D eigenvalue weighted by atomic mass is 32.1. The van der Waals surface area contributed by atoms with Gasteiger partial charge in [-0.15, -0.1) is 11.3 Å². The molecule has 3 rings (SSSR count). The monoisotopic (exact) mass is 305 g/mol. The van der Waals surface area contributed by atoms with Gasteiger partial charge < -0.3 is 5.11 Å². The molecule has 0 saturated heterocycles. The van der Waals surface area contributed by atoms with Gasteiger partial charge in [-0.3, -0.25) is 9.69 Å². The average molecular weight is 305 g/mol. The molecule has 5 heteroatoms. The summed E-state index contributed by atoms with van der Waals surface area (Å²) in [7, 11) is 0. The van der Waals surface area contributed by atoms with E-state index in [1.807, 2.05) is 23.3 Å². The normalized spacial score (nSPS) is 20.0. The predicted molar refractivity (Wildman–Crippen MR) is 79.9 cm³/mol. The maximum atomic E-state index is 13.0. The van der Waals surface area contributed by atoms with Crippen LogP contribution in [0.1, 0.15) is 35.0 Å². The highest BCUT2D eigenvalue weighted by molar-refractivity contribution is 7.10. The van der Waals surface area contributed by atoms with Crippen molar-refractivity contribution in [2.45, 2.75) is 25.4 Å². The van der Waals surface area contributed by atoms with Gasteiger partial charge in [0.1, 0.15) is 11.9 Å². The van der Waals surface area contributed by atoms with Crippen LogP contribution in [0.2, 0.25) is 0 Å². The number of hydrogen-bond acceptors (Lipinski definition) is 3. The topological polar surface area (TPSA) is 40.5 Å². The van der Waals surface area contributed by atoms with Gasteiger partial charge in [0.05, 0.1) is 0 Å². The second kappa shape index (κ2) is 5.58. The number of halogens is 1. The molecule has 21 heavy (non-hydrogen) atoms. The van der Waals surface area contributed by atoms with Gasteiger partial charge >= 0.3 is 5.97 Å². The van der Waals surface area contributed by atoms with Gasteiger partial charge in [-0.25, -0.2) is 4.39 Å². The molecule has 110 valence electrons. The summed E-state index contributed by atoms with van der Waals surface area (Å²) in [6.45, 7) is 2.67. The highest BCUT2D eigenvalue weighted by Gasteiger charge is 2.36. The molecule has 0 saturated carbocycles. The Morgan fingerprint density at radius 1 is 1.38 bits per heavy atom. The fourth-order valence-corrected chi connectivity index (χ4v) is 3.86. The van der Waals surface area contributed by atoms with Crippen LogP contribution in [0.25, 0.3) is 0 Å². The molecule has 2 aromatic rings. The van der Waals surface area contributed by atoms with Gasteiger partial charge in [-0.05, 0) is 48.1 Å². The number of benzene rings is 1. The van der Waals surface area contributed by atoms with E-state index in [1.165, 1.54) is 12.1 Å². The fraction of sp³-hybridized carbons (Fsp3) is 0.312. The van der Waals surface area contributed by atoms with E-state index in [1.54, 1.807) is 23.5 Å². The molecule has 2 heterocycles. The number of thiophene rings is 1. The third kappa shape index (κ3) is 2.59. The molecule has 1 aliphatic heterocycles. The van der Waals surface area contributed by atoms with Crippen molar-refractivity contribution < 1.29 is 14.3 Å². The quantitative estimate of drug-likeness (QED) is 0.941. The number of hydrogen-bond donors (Lipinski definition) is 1. The molecule has 0 radical (unpaired) electrons. The molecule has 0 spiro atoms. The minimum Gasteiger partial charge on any atom is -0.480 e. The van der Waals surface area contributed by atoms with Crippen molar-refractivity contribution >= 4 is 17.3 Å². The van der Waals surface area contributed by atoms with Gasteiger partial charge in [-0.1, -0.05) is 12.1 Å². The second-order valence-electron chi connectivity index (χ2n) is 5.26. The van der Waals surface area contributed by atoms with Crippen molar-refractivity contribution in [2.24, 2.45) is 0 Å². The van der Waals surface area contributed by atoms with Gasteiger partial charge in [0.25, 0.3) is 0 Å². The Labute approximate surface area is 126 Å². The molecular formula is C16H16FNO2S. The number of carboxylic acid groups (broad SMARTS) is 1. The minimum atomic E-state index is -0.830. The van der Waals surface area contributed by atoms with Crippen LogP contribution in [-0.2, 0) is 11.2 Å². The van der Waals surface area contributed by atoms with E-state index < -0.39 is 12.0 Å². The van der Waals surface area contributed by atoms with Crippen LogP contribution in [0.5, 0.6) is 0 Å². The van der Waals surface area contributed by atoms with E-state index in [0.29, 0.717) is 6.54 Å². The molecule has 3 nitrogen and oxygen atoms in total. The van der Waals surface area contributed by atoms with Crippen molar-refractivity contribution in [3.63, 3.8) is 0 Å². The van der Waals surface area contributed by atoms with Crippen molar-refractivity contribution in [1.29, 1.82) is 0 Å². The van der Waals surface area contributed by atoms with Crippen LogP contribution in [0, 0.1) is 5.82 Å². The lowest BCUT2D eigenvalue weighted by atomic mass is 9.96. The van der Waals surface area contributed by atoms with Crippen molar-refractivity contribution in [2.75, 3.05) is 6.54 Å². The Morgan fingerprint density at radius 3 is 2.76 bits per heavy atom. The first-order valence-electron chi connectivity index (χ1n) is 6.88. The molecule has 0 fully saturated rings. The average Bonchev–Trinajstić information content (AvgIpc) is 2.94. The van der Waals surface area contributed by atoms with E-state index in [-0.39, 0.29) is 11.9 Å². The number of carboxylic acids is 1. The van der Waals surface area contributed by atoms with E-state index in [9.17, 15) is 14.3 Å². The van der Waals surface area contributed by atoms with E-state index in [4.69, 9.17) is 0 Å². The number of aliphatic carboxylic acids is 1. The summed E-state index contributed by atoms with van der Waals surface area (Å²) < 4.78 is 13.0. The molecule has 1 aromatic carbocycles. The number of nitrogens with zero attached hydrogens (tertiary/aromatic N) is 1. The zero-order valence-electron chi connectivity index (χ0n) is 11.6. The van der Waals surface area contributed by atoms with Gasteiger partial charge in [-0.2, -0.15) is 0 Å². The van der Waals surface area contributed by atoms with E-state index >= 15 is 0 Å². The Balaban J connectivity index is 1.94. The van der Waals surface area contributed by atoms with Crippen LogP contribution >= 0.6 is 11.3 Å². The van der Waals surface area contributed by atoms with E-state index in [0.717, 1.165) is 22.4 Å². The lowest BCUT2D eigenvalue weighted by Crippen LogP contribution is -2.40. The lowest BCUT2D eigenvalue weighted by molar-refractivity contribution is -0.145. The first kappa shape index (κ1) is 14.2. The van der Waals surface area contributed by atoms with Crippen molar-refractivity contribution in [3.05, 3.63) is 57.5 Å². The van der Waals surface area contributed by atoms with Crippen LogP contribution in [-0.4, -0.2) is 22.5 Å². The highest BCUT2D eigenvalue weighted by Crippen LogP contribution is 2.38. The Hall–Kier alpha value is -1.72. The molecule has 0 bridgehead atoms.